The molecule has 0 radical (unpaired) electrons. The van der Waals surface area contributed by atoms with Gasteiger partial charge in [0.15, 0.2) is 18.0 Å². The molecule has 0 aliphatic carbocycles. The molecule has 0 aromatic heterocycles. The van der Waals surface area contributed by atoms with Crippen LogP contribution in [0.4, 0.5) is 0 Å². The fraction of sp³-hybridized carbons (Fsp3) is 0.350. The summed E-state index contributed by atoms with van der Waals surface area (Å²) >= 11 is 0. The van der Waals surface area contributed by atoms with Gasteiger partial charge in [-0.05, 0) is 23.3 Å². The summed E-state index contributed by atoms with van der Waals surface area (Å²) in [4.78, 5) is 13.6. The zero-order chi connectivity index (χ0) is 17.6. The second kappa shape index (κ2) is 8.03. The molecule has 1 aliphatic rings. The number of ether oxygens (including phenoxy) is 2. The first-order valence-corrected chi connectivity index (χ1v) is 8.57. The Bertz CT molecular complexity index is 745. The van der Waals surface area contributed by atoms with Gasteiger partial charge in [-0.3, -0.25) is 4.79 Å². The minimum atomic E-state index is 0.0733. The summed E-state index contributed by atoms with van der Waals surface area (Å²) in [5.41, 5.74) is 3.76. The molecule has 1 atom stereocenters. The van der Waals surface area contributed by atoms with E-state index in [4.69, 9.17) is 9.47 Å². The summed E-state index contributed by atoms with van der Waals surface area (Å²) in [6.45, 7) is 2.91. The lowest BCUT2D eigenvalue weighted by Gasteiger charge is -2.25. The van der Waals surface area contributed by atoms with Crippen LogP contribution in [-0.4, -0.2) is 33.2 Å². The lowest BCUT2D eigenvalue weighted by molar-refractivity contribution is -0.908. The molecule has 0 bridgehead atoms. The molecule has 2 aromatic rings. The third-order valence-corrected chi connectivity index (χ3v) is 4.65. The Hall–Kier alpha value is -2.53. The largest absolute Gasteiger partial charge is 0.493 e. The molecular formula is C20H25N2O3+. The Labute approximate surface area is 148 Å². The predicted octanol–water partition coefficient (Wildman–Crippen LogP) is 0.961. The summed E-state index contributed by atoms with van der Waals surface area (Å²) in [7, 11) is 3.22. The second-order valence-corrected chi connectivity index (χ2v) is 6.34. The van der Waals surface area contributed by atoms with Crippen LogP contribution in [0.1, 0.15) is 16.7 Å². The van der Waals surface area contributed by atoms with Gasteiger partial charge in [-0.15, -0.1) is 0 Å². The van der Waals surface area contributed by atoms with E-state index in [1.165, 1.54) is 16.0 Å². The van der Waals surface area contributed by atoms with Crippen molar-refractivity contribution in [2.24, 2.45) is 0 Å². The number of carbonyl (C=O) groups excluding carboxylic acids is 1. The number of rotatable bonds is 6. The lowest BCUT2D eigenvalue weighted by Crippen LogP contribution is -3.12. The normalized spacial score (nSPS) is 16.0. The standard InChI is InChI=1S/C20H24N2O3/c1-24-18-8-7-15(11-19(18)25-2)12-21-20(23)14-22-10-9-16-5-3-4-6-17(16)13-22/h3-8,11H,9-10,12-14H2,1-2H3,(H,21,23)/p+1. The molecule has 1 aliphatic heterocycles. The number of benzene rings is 2. The molecular weight excluding hydrogens is 316 g/mol. The minimum absolute atomic E-state index is 0.0733. The van der Waals surface area contributed by atoms with Gasteiger partial charge in [0.2, 0.25) is 0 Å². The number of hydrogen-bond acceptors (Lipinski definition) is 3. The van der Waals surface area contributed by atoms with Gasteiger partial charge >= 0.3 is 0 Å². The smallest absolute Gasteiger partial charge is 0.275 e. The van der Waals surface area contributed by atoms with E-state index in [-0.39, 0.29) is 5.91 Å². The maximum atomic E-state index is 12.3. The molecule has 2 aromatic carbocycles. The molecule has 5 heteroatoms. The van der Waals surface area contributed by atoms with Gasteiger partial charge < -0.3 is 19.7 Å². The number of hydrogen-bond donors (Lipinski definition) is 2. The van der Waals surface area contributed by atoms with Crippen LogP contribution < -0.4 is 19.7 Å². The van der Waals surface area contributed by atoms with Crippen molar-refractivity contribution in [1.82, 2.24) is 5.32 Å². The van der Waals surface area contributed by atoms with Crippen molar-refractivity contribution in [3.8, 4) is 11.5 Å². The Morgan fingerprint density at radius 3 is 2.60 bits per heavy atom. The van der Waals surface area contributed by atoms with E-state index in [0.717, 1.165) is 25.1 Å². The summed E-state index contributed by atoms with van der Waals surface area (Å²) in [5.74, 6) is 1.44. The van der Waals surface area contributed by atoms with Crippen molar-refractivity contribution in [2.45, 2.75) is 19.5 Å². The highest BCUT2D eigenvalue weighted by atomic mass is 16.5. The number of nitrogens with one attached hydrogen (secondary N) is 2. The van der Waals surface area contributed by atoms with Gasteiger partial charge in [0.05, 0.1) is 20.8 Å². The Morgan fingerprint density at radius 1 is 1.08 bits per heavy atom. The second-order valence-electron chi connectivity index (χ2n) is 6.34. The molecule has 0 saturated carbocycles. The summed E-state index contributed by atoms with van der Waals surface area (Å²) in [5, 5.41) is 3.00. The van der Waals surface area contributed by atoms with Gasteiger partial charge in [-0.2, -0.15) is 0 Å². The van der Waals surface area contributed by atoms with Gasteiger partial charge in [0.1, 0.15) is 6.54 Å². The van der Waals surface area contributed by atoms with Crippen molar-refractivity contribution >= 4 is 5.91 Å². The van der Waals surface area contributed by atoms with E-state index in [9.17, 15) is 4.79 Å². The third-order valence-electron chi connectivity index (χ3n) is 4.65. The van der Waals surface area contributed by atoms with Crippen molar-refractivity contribution in [3.63, 3.8) is 0 Å². The third kappa shape index (κ3) is 4.31. The fourth-order valence-corrected chi connectivity index (χ4v) is 3.27. The molecule has 5 nitrogen and oxygen atoms in total. The average molecular weight is 341 g/mol. The molecule has 2 N–H and O–H groups in total. The number of carbonyl (C=O) groups is 1. The van der Waals surface area contributed by atoms with Gasteiger partial charge in [0, 0.05) is 18.5 Å². The van der Waals surface area contributed by atoms with E-state index in [1.54, 1.807) is 14.2 Å². The maximum absolute atomic E-state index is 12.3. The van der Waals surface area contributed by atoms with Crippen molar-refractivity contribution in [1.29, 1.82) is 0 Å². The molecule has 132 valence electrons. The zero-order valence-corrected chi connectivity index (χ0v) is 14.8. The molecule has 0 spiro atoms. The summed E-state index contributed by atoms with van der Waals surface area (Å²) in [6, 6.07) is 14.2. The van der Waals surface area contributed by atoms with E-state index in [0.29, 0.717) is 24.6 Å². The fourth-order valence-electron chi connectivity index (χ4n) is 3.27. The minimum Gasteiger partial charge on any atom is -0.493 e. The molecule has 25 heavy (non-hydrogen) atoms. The molecule has 0 saturated heterocycles. The summed E-state index contributed by atoms with van der Waals surface area (Å²) < 4.78 is 10.5. The first kappa shape index (κ1) is 17.3. The van der Waals surface area contributed by atoms with Crippen LogP contribution in [0.2, 0.25) is 0 Å². The van der Waals surface area contributed by atoms with Crippen LogP contribution in [0.25, 0.3) is 0 Å². The van der Waals surface area contributed by atoms with Crippen LogP contribution in [0.5, 0.6) is 11.5 Å². The van der Waals surface area contributed by atoms with Crippen molar-refractivity contribution in [2.75, 3.05) is 27.3 Å². The Balaban J connectivity index is 1.52. The molecule has 1 amide bonds. The van der Waals surface area contributed by atoms with Crippen molar-refractivity contribution < 1.29 is 19.2 Å². The number of amides is 1. The first-order chi connectivity index (χ1) is 12.2. The van der Waals surface area contributed by atoms with Crippen LogP contribution in [0.3, 0.4) is 0 Å². The average Bonchev–Trinajstić information content (AvgIpc) is 2.66. The quantitative estimate of drug-likeness (QED) is 0.823. The van der Waals surface area contributed by atoms with E-state index >= 15 is 0 Å². The van der Waals surface area contributed by atoms with Crippen LogP contribution >= 0.6 is 0 Å². The van der Waals surface area contributed by atoms with Crippen LogP contribution in [0, 0.1) is 0 Å². The number of quaternary nitrogens is 1. The Kier molecular flexibility index (Phi) is 5.56. The highest BCUT2D eigenvalue weighted by Gasteiger charge is 2.21. The van der Waals surface area contributed by atoms with E-state index in [1.807, 2.05) is 18.2 Å². The Morgan fingerprint density at radius 2 is 1.84 bits per heavy atom. The highest BCUT2D eigenvalue weighted by molar-refractivity contribution is 5.76. The molecule has 1 heterocycles. The van der Waals surface area contributed by atoms with Gasteiger partial charge in [-0.25, -0.2) is 0 Å². The number of fused-ring (bicyclic) bond motifs is 1. The lowest BCUT2D eigenvalue weighted by atomic mass is 10.00. The van der Waals surface area contributed by atoms with E-state index < -0.39 is 0 Å². The first-order valence-electron chi connectivity index (χ1n) is 8.57. The zero-order valence-electron chi connectivity index (χ0n) is 14.8. The number of methoxy groups -OCH3 is 2. The monoisotopic (exact) mass is 341 g/mol. The molecule has 3 rings (SSSR count). The van der Waals surface area contributed by atoms with Crippen LogP contribution in [0.15, 0.2) is 42.5 Å². The van der Waals surface area contributed by atoms with Crippen LogP contribution in [-0.2, 0) is 24.3 Å². The maximum Gasteiger partial charge on any atom is 0.275 e. The summed E-state index contributed by atoms with van der Waals surface area (Å²) in [6.07, 6.45) is 1.04. The van der Waals surface area contributed by atoms with Gasteiger partial charge in [-0.1, -0.05) is 30.3 Å². The van der Waals surface area contributed by atoms with Gasteiger partial charge in [0.25, 0.3) is 5.91 Å². The SMILES string of the molecule is COc1ccc(CNC(=O)C[NH+]2CCc3ccccc3C2)cc1OC. The highest BCUT2D eigenvalue weighted by Crippen LogP contribution is 2.27. The topological polar surface area (TPSA) is 52.0 Å². The molecule has 0 fully saturated rings. The predicted molar refractivity (Wildman–Crippen MR) is 95.9 cm³/mol. The van der Waals surface area contributed by atoms with E-state index in [2.05, 4.69) is 29.6 Å². The van der Waals surface area contributed by atoms with Crippen molar-refractivity contribution in [3.05, 3.63) is 59.2 Å². The molecule has 1 unspecified atom stereocenters.